The zero-order valence-corrected chi connectivity index (χ0v) is 11.5. The third kappa shape index (κ3) is 2.06. The lowest BCUT2D eigenvalue weighted by Crippen LogP contribution is -2.16. The predicted octanol–water partition coefficient (Wildman–Crippen LogP) is 3.40. The van der Waals surface area contributed by atoms with Crippen LogP contribution < -0.4 is 0 Å². The van der Waals surface area contributed by atoms with Gasteiger partial charge in [-0.05, 0) is 38.0 Å². The van der Waals surface area contributed by atoms with E-state index in [-0.39, 0.29) is 5.91 Å². The molecule has 0 N–H and O–H groups in total. The first-order chi connectivity index (χ1) is 8.56. The number of hydrogen-bond donors (Lipinski definition) is 0. The van der Waals surface area contributed by atoms with Crippen molar-refractivity contribution < 1.29 is 4.79 Å². The zero-order chi connectivity index (χ0) is 13.3. The minimum absolute atomic E-state index is 0.180. The van der Waals surface area contributed by atoms with E-state index in [1.165, 1.54) is 4.68 Å². The number of carbonyl (C=O) groups is 1. The highest BCUT2D eigenvalue weighted by Gasteiger charge is 2.18. The first-order valence-electron chi connectivity index (χ1n) is 5.90. The van der Waals surface area contributed by atoms with Crippen LogP contribution in [0.5, 0.6) is 0 Å². The molecule has 0 fully saturated rings. The number of rotatable bonds is 2. The first kappa shape index (κ1) is 12.8. The van der Waals surface area contributed by atoms with Gasteiger partial charge in [0.15, 0.2) is 0 Å². The van der Waals surface area contributed by atoms with Crippen LogP contribution >= 0.6 is 11.6 Å². The molecule has 0 amide bonds. The molecule has 0 unspecified atom stereocenters. The maximum atomic E-state index is 12.4. The summed E-state index contributed by atoms with van der Waals surface area (Å²) in [4.78, 5) is 12.4. The van der Waals surface area contributed by atoms with E-state index in [1.54, 1.807) is 24.3 Å². The van der Waals surface area contributed by atoms with Crippen molar-refractivity contribution in [1.82, 2.24) is 9.78 Å². The lowest BCUT2D eigenvalue weighted by molar-refractivity contribution is 0.0942. The van der Waals surface area contributed by atoms with Crippen molar-refractivity contribution in [3.8, 4) is 0 Å². The van der Waals surface area contributed by atoms with Crippen molar-refractivity contribution >= 4 is 17.5 Å². The molecule has 0 spiro atoms. The summed E-state index contributed by atoms with van der Waals surface area (Å²) in [5.41, 5.74) is 3.39. The fraction of sp³-hybridized carbons (Fsp3) is 0.286. The van der Waals surface area contributed by atoms with E-state index in [1.807, 2.05) is 13.8 Å². The van der Waals surface area contributed by atoms with E-state index in [0.29, 0.717) is 10.6 Å². The second-order valence-corrected chi connectivity index (χ2v) is 4.61. The highest BCUT2D eigenvalue weighted by atomic mass is 35.5. The highest BCUT2D eigenvalue weighted by molar-refractivity contribution is 6.33. The van der Waals surface area contributed by atoms with Crippen LogP contribution in [-0.2, 0) is 6.42 Å². The molecule has 0 aliphatic heterocycles. The Morgan fingerprint density at radius 1 is 1.33 bits per heavy atom. The molecule has 0 radical (unpaired) electrons. The number of halogens is 1. The largest absolute Gasteiger partial charge is 0.279 e. The van der Waals surface area contributed by atoms with E-state index >= 15 is 0 Å². The zero-order valence-electron chi connectivity index (χ0n) is 10.7. The van der Waals surface area contributed by atoms with Gasteiger partial charge in [0.1, 0.15) is 0 Å². The van der Waals surface area contributed by atoms with E-state index in [0.717, 1.165) is 23.4 Å². The van der Waals surface area contributed by atoms with E-state index in [4.69, 9.17) is 11.6 Å². The normalized spacial score (nSPS) is 10.7. The van der Waals surface area contributed by atoms with E-state index < -0.39 is 0 Å². The second-order valence-electron chi connectivity index (χ2n) is 4.20. The van der Waals surface area contributed by atoms with Crippen molar-refractivity contribution in [2.45, 2.75) is 27.2 Å². The smallest absolute Gasteiger partial charge is 0.267 e. The molecule has 1 aromatic carbocycles. The Kier molecular flexibility index (Phi) is 3.53. The van der Waals surface area contributed by atoms with Gasteiger partial charge >= 0.3 is 0 Å². The van der Waals surface area contributed by atoms with E-state index in [9.17, 15) is 4.79 Å². The summed E-state index contributed by atoms with van der Waals surface area (Å²) in [5.74, 6) is -0.180. The fourth-order valence-electron chi connectivity index (χ4n) is 2.13. The van der Waals surface area contributed by atoms with Crippen LogP contribution in [0.4, 0.5) is 0 Å². The second kappa shape index (κ2) is 4.94. The van der Waals surface area contributed by atoms with Crippen molar-refractivity contribution in [2.24, 2.45) is 0 Å². The average molecular weight is 263 g/mol. The molecule has 0 bridgehead atoms. The summed E-state index contributed by atoms with van der Waals surface area (Å²) < 4.78 is 1.44. The van der Waals surface area contributed by atoms with Crippen molar-refractivity contribution in [3.05, 3.63) is 51.8 Å². The molecule has 0 atom stereocenters. The third-order valence-electron chi connectivity index (χ3n) is 3.09. The number of carbonyl (C=O) groups excluding carboxylic acids is 1. The highest BCUT2D eigenvalue weighted by Crippen LogP contribution is 2.19. The van der Waals surface area contributed by atoms with Crippen LogP contribution in [0.15, 0.2) is 24.3 Å². The number of aromatic nitrogens is 2. The molecule has 2 rings (SSSR count). The molecular weight excluding hydrogens is 248 g/mol. The third-order valence-corrected chi connectivity index (χ3v) is 3.42. The summed E-state index contributed by atoms with van der Waals surface area (Å²) in [6, 6.07) is 7.03. The molecule has 0 saturated carbocycles. The minimum Gasteiger partial charge on any atom is -0.267 e. The van der Waals surface area contributed by atoms with Crippen LogP contribution in [0.3, 0.4) is 0 Å². The molecule has 0 aliphatic carbocycles. The van der Waals surface area contributed by atoms with Crippen LogP contribution in [0.1, 0.15) is 34.2 Å². The Labute approximate surface area is 111 Å². The summed E-state index contributed by atoms with van der Waals surface area (Å²) in [6.07, 6.45) is 0.869. The van der Waals surface area contributed by atoms with Gasteiger partial charge in [-0.15, -0.1) is 0 Å². The Hall–Kier alpha value is -1.61. The summed E-state index contributed by atoms with van der Waals surface area (Å²) in [7, 11) is 0. The maximum Gasteiger partial charge on any atom is 0.279 e. The summed E-state index contributed by atoms with van der Waals surface area (Å²) >= 11 is 6.04. The van der Waals surface area contributed by atoms with Gasteiger partial charge in [-0.2, -0.15) is 5.10 Å². The van der Waals surface area contributed by atoms with Gasteiger partial charge in [0.05, 0.1) is 16.3 Å². The summed E-state index contributed by atoms with van der Waals surface area (Å²) in [5, 5.41) is 4.76. The van der Waals surface area contributed by atoms with Gasteiger partial charge in [0.25, 0.3) is 5.91 Å². The number of aryl methyl sites for hydroxylation is 1. The Morgan fingerprint density at radius 3 is 2.56 bits per heavy atom. The number of hydrogen-bond acceptors (Lipinski definition) is 2. The topological polar surface area (TPSA) is 34.9 Å². The standard InChI is InChI=1S/C14H15ClN2O/c1-4-11-9(2)16-17(10(11)3)14(18)12-7-5-6-8-13(12)15/h5-8H,4H2,1-3H3. The lowest BCUT2D eigenvalue weighted by atomic mass is 10.1. The van der Waals surface area contributed by atoms with Gasteiger partial charge in [0.2, 0.25) is 0 Å². The Morgan fingerprint density at radius 2 is 2.00 bits per heavy atom. The van der Waals surface area contributed by atoms with Gasteiger partial charge in [-0.3, -0.25) is 4.79 Å². The Balaban J connectivity index is 2.51. The fourth-order valence-corrected chi connectivity index (χ4v) is 2.35. The number of nitrogens with zero attached hydrogens (tertiary/aromatic N) is 2. The molecule has 2 aromatic rings. The van der Waals surface area contributed by atoms with Crippen LogP contribution in [0.25, 0.3) is 0 Å². The molecular formula is C14H15ClN2O. The first-order valence-corrected chi connectivity index (χ1v) is 6.28. The van der Waals surface area contributed by atoms with E-state index in [2.05, 4.69) is 12.0 Å². The molecule has 1 heterocycles. The van der Waals surface area contributed by atoms with Gasteiger partial charge in [-0.1, -0.05) is 30.7 Å². The quantitative estimate of drug-likeness (QED) is 0.831. The van der Waals surface area contributed by atoms with Crippen molar-refractivity contribution in [3.63, 3.8) is 0 Å². The molecule has 1 aromatic heterocycles. The van der Waals surface area contributed by atoms with Gasteiger partial charge in [0, 0.05) is 5.69 Å². The molecule has 3 nitrogen and oxygen atoms in total. The Bertz CT molecular complexity index is 602. The van der Waals surface area contributed by atoms with Crippen molar-refractivity contribution in [1.29, 1.82) is 0 Å². The average Bonchev–Trinajstić information content (AvgIpc) is 2.64. The van der Waals surface area contributed by atoms with Crippen LogP contribution in [0, 0.1) is 13.8 Å². The number of benzene rings is 1. The summed E-state index contributed by atoms with van der Waals surface area (Å²) in [6.45, 7) is 5.89. The molecule has 18 heavy (non-hydrogen) atoms. The molecule has 0 saturated heterocycles. The molecule has 0 aliphatic rings. The van der Waals surface area contributed by atoms with Gasteiger partial charge < -0.3 is 0 Å². The monoisotopic (exact) mass is 262 g/mol. The lowest BCUT2D eigenvalue weighted by Gasteiger charge is -2.05. The minimum atomic E-state index is -0.180. The van der Waals surface area contributed by atoms with Gasteiger partial charge in [-0.25, -0.2) is 4.68 Å². The van der Waals surface area contributed by atoms with Crippen LogP contribution in [-0.4, -0.2) is 15.7 Å². The van der Waals surface area contributed by atoms with Crippen molar-refractivity contribution in [2.75, 3.05) is 0 Å². The van der Waals surface area contributed by atoms with Crippen LogP contribution in [0.2, 0.25) is 5.02 Å². The molecule has 4 heteroatoms. The predicted molar refractivity (Wildman–Crippen MR) is 72.3 cm³/mol. The molecule has 94 valence electrons. The maximum absolute atomic E-state index is 12.4. The SMILES string of the molecule is CCc1c(C)nn(C(=O)c2ccccc2Cl)c1C.